The molecule has 2 aromatic rings. The van der Waals surface area contributed by atoms with E-state index in [4.69, 9.17) is 0 Å². The normalized spacial score (nSPS) is 14.0. The van der Waals surface area contributed by atoms with Gasteiger partial charge in [0.25, 0.3) is 0 Å². The zero-order valence-corrected chi connectivity index (χ0v) is 7.40. The Labute approximate surface area is 75.2 Å². The minimum absolute atomic E-state index is 1.11. The molecule has 0 saturated carbocycles. The molecule has 1 aliphatic rings. The summed E-state index contributed by atoms with van der Waals surface area (Å²) in [6.45, 7) is 0. The highest BCUT2D eigenvalue weighted by Gasteiger charge is 2.06. The van der Waals surface area contributed by atoms with Crippen molar-refractivity contribution in [2.24, 2.45) is 0 Å². The van der Waals surface area contributed by atoms with Crippen LogP contribution < -0.4 is 0 Å². The van der Waals surface area contributed by atoms with Crippen molar-refractivity contribution in [3.8, 4) is 0 Å². The molecule has 0 spiro atoms. The lowest BCUT2D eigenvalue weighted by Crippen LogP contribution is -1.79. The summed E-state index contributed by atoms with van der Waals surface area (Å²) in [4.78, 5) is 0. The SMILES string of the molecule is C1=Cc2cc3sccc3cc2C1. The molecule has 0 amide bonds. The fourth-order valence-electron chi connectivity index (χ4n) is 1.72. The largest absolute Gasteiger partial charge is 0.144 e. The van der Waals surface area contributed by atoms with E-state index in [1.54, 1.807) is 0 Å². The topological polar surface area (TPSA) is 0 Å². The Morgan fingerprint density at radius 3 is 3.25 bits per heavy atom. The van der Waals surface area contributed by atoms with Gasteiger partial charge in [0.2, 0.25) is 0 Å². The Morgan fingerprint density at radius 2 is 2.25 bits per heavy atom. The third-order valence-corrected chi connectivity index (χ3v) is 3.23. The van der Waals surface area contributed by atoms with Crippen LogP contribution in [0, 0.1) is 0 Å². The molecule has 0 N–H and O–H groups in total. The lowest BCUT2D eigenvalue weighted by Gasteiger charge is -1.97. The van der Waals surface area contributed by atoms with Crippen molar-refractivity contribution in [3.05, 3.63) is 40.8 Å². The van der Waals surface area contributed by atoms with E-state index < -0.39 is 0 Å². The van der Waals surface area contributed by atoms with Crippen molar-refractivity contribution in [3.63, 3.8) is 0 Å². The zero-order chi connectivity index (χ0) is 7.97. The van der Waals surface area contributed by atoms with Gasteiger partial charge in [0, 0.05) is 4.70 Å². The first kappa shape index (κ1) is 6.44. The molecule has 0 atom stereocenters. The molecular formula is C11H8S. The molecule has 0 radical (unpaired) electrons. The fraction of sp³-hybridized carbons (Fsp3) is 0.0909. The molecule has 1 aromatic heterocycles. The van der Waals surface area contributed by atoms with Crippen molar-refractivity contribution in [1.29, 1.82) is 0 Å². The van der Waals surface area contributed by atoms with Gasteiger partial charge in [-0.05, 0) is 46.5 Å². The van der Waals surface area contributed by atoms with E-state index >= 15 is 0 Å². The van der Waals surface area contributed by atoms with E-state index in [-0.39, 0.29) is 0 Å². The summed E-state index contributed by atoms with van der Waals surface area (Å²) >= 11 is 1.82. The quantitative estimate of drug-likeness (QED) is 0.570. The Morgan fingerprint density at radius 1 is 1.25 bits per heavy atom. The number of rotatable bonds is 0. The highest BCUT2D eigenvalue weighted by Crippen LogP contribution is 2.28. The Bertz CT molecular complexity index is 463. The first-order valence-corrected chi connectivity index (χ1v) is 4.98. The molecule has 1 aliphatic carbocycles. The Hall–Kier alpha value is -1.08. The van der Waals surface area contributed by atoms with Crippen LogP contribution in [0.2, 0.25) is 0 Å². The number of allylic oxidation sites excluding steroid dienone is 1. The molecular weight excluding hydrogens is 164 g/mol. The average Bonchev–Trinajstić information content (AvgIpc) is 2.64. The van der Waals surface area contributed by atoms with Crippen LogP contribution in [-0.4, -0.2) is 0 Å². The number of hydrogen-bond donors (Lipinski definition) is 0. The second kappa shape index (κ2) is 2.20. The molecule has 0 bridgehead atoms. The minimum atomic E-state index is 1.11. The second-order valence-electron chi connectivity index (χ2n) is 3.12. The van der Waals surface area contributed by atoms with Crippen molar-refractivity contribution in [1.82, 2.24) is 0 Å². The van der Waals surface area contributed by atoms with Gasteiger partial charge in [-0.1, -0.05) is 12.2 Å². The molecule has 0 saturated heterocycles. The van der Waals surface area contributed by atoms with E-state index in [2.05, 4.69) is 35.7 Å². The molecule has 1 heterocycles. The number of thiophene rings is 1. The Kier molecular flexibility index (Phi) is 1.18. The van der Waals surface area contributed by atoms with Gasteiger partial charge in [0.15, 0.2) is 0 Å². The van der Waals surface area contributed by atoms with Crippen LogP contribution in [0.3, 0.4) is 0 Å². The highest BCUT2D eigenvalue weighted by molar-refractivity contribution is 7.17. The lowest BCUT2D eigenvalue weighted by molar-refractivity contribution is 1.33. The summed E-state index contributed by atoms with van der Waals surface area (Å²) in [7, 11) is 0. The van der Waals surface area contributed by atoms with E-state index in [0.29, 0.717) is 0 Å². The summed E-state index contributed by atoms with van der Waals surface area (Å²) < 4.78 is 1.40. The fourth-order valence-corrected chi connectivity index (χ4v) is 2.54. The smallest absolute Gasteiger partial charge is 0.0348 e. The van der Waals surface area contributed by atoms with Crippen LogP contribution in [-0.2, 0) is 6.42 Å². The zero-order valence-electron chi connectivity index (χ0n) is 6.58. The van der Waals surface area contributed by atoms with Crippen molar-refractivity contribution >= 4 is 27.5 Å². The van der Waals surface area contributed by atoms with E-state index in [1.807, 2.05) is 11.3 Å². The summed E-state index contributed by atoms with van der Waals surface area (Å²) in [5, 5.41) is 3.55. The first-order chi connectivity index (χ1) is 5.93. The summed E-state index contributed by atoms with van der Waals surface area (Å²) in [6.07, 6.45) is 5.56. The summed E-state index contributed by atoms with van der Waals surface area (Å²) in [6, 6.07) is 6.79. The molecule has 0 unspecified atom stereocenters. The van der Waals surface area contributed by atoms with Crippen LogP contribution in [0.25, 0.3) is 16.2 Å². The molecule has 0 nitrogen and oxygen atoms in total. The van der Waals surface area contributed by atoms with Crippen LogP contribution in [0.1, 0.15) is 11.1 Å². The third-order valence-electron chi connectivity index (χ3n) is 2.35. The second-order valence-corrected chi connectivity index (χ2v) is 4.06. The molecule has 0 fully saturated rings. The van der Waals surface area contributed by atoms with Crippen LogP contribution in [0.15, 0.2) is 29.7 Å². The van der Waals surface area contributed by atoms with E-state index in [9.17, 15) is 0 Å². The summed E-state index contributed by atoms with van der Waals surface area (Å²) in [5.74, 6) is 0. The molecule has 0 aliphatic heterocycles. The highest BCUT2D eigenvalue weighted by atomic mass is 32.1. The van der Waals surface area contributed by atoms with Gasteiger partial charge in [-0.15, -0.1) is 11.3 Å². The number of fused-ring (bicyclic) bond motifs is 2. The van der Waals surface area contributed by atoms with Gasteiger partial charge >= 0.3 is 0 Å². The maximum absolute atomic E-state index is 2.31. The average molecular weight is 172 g/mol. The summed E-state index contributed by atoms with van der Waals surface area (Å²) in [5.41, 5.74) is 2.88. The maximum Gasteiger partial charge on any atom is 0.0348 e. The van der Waals surface area contributed by atoms with Crippen LogP contribution in [0.4, 0.5) is 0 Å². The predicted octanol–water partition coefficient (Wildman–Crippen LogP) is 3.47. The molecule has 1 heteroatoms. The lowest BCUT2D eigenvalue weighted by atomic mass is 10.1. The standard InChI is InChI=1S/C11H8S/c1-2-8-6-10-4-5-12-11(10)7-9(8)3-1/h1,3-7H,2H2. The molecule has 3 rings (SSSR count). The third kappa shape index (κ3) is 0.772. The number of benzene rings is 1. The van der Waals surface area contributed by atoms with Gasteiger partial charge < -0.3 is 0 Å². The molecule has 1 aromatic carbocycles. The van der Waals surface area contributed by atoms with Crippen molar-refractivity contribution < 1.29 is 0 Å². The number of hydrogen-bond acceptors (Lipinski definition) is 1. The monoisotopic (exact) mass is 172 g/mol. The van der Waals surface area contributed by atoms with Crippen molar-refractivity contribution in [2.45, 2.75) is 6.42 Å². The van der Waals surface area contributed by atoms with E-state index in [1.165, 1.54) is 21.2 Å². The minimum Gasteiger partial charge on any atom is -0.144 e. The van der Waals surface area contributed by atoms with E-state index in [0.717, 1.165) is 6.42 Å². The van der Waals surface area contributed by atoms with Crippen LogP contribution >= 0.6 is 11.3 Å². The van der Waals surface area contributed by atoms with Gasteiger partial charge in [-0.3, -0.25) is 0 Å². The van der Waals surface area contributed by atoms with Gasteiger partial charge in [-0.25, -0.2) is 0 Å². The van der Waals surface area contributed by atoms with Gasteiger partial charge in [0.1, 0.15) is 0 Å². The molecule has 12 heavy (non-hydrogen) atoms. The van der Waals surface area contributed by atoms with Gasteiger partial charge in [0.05, 0.1) is 0 Å². The van der Waals surface area contributed by atoms with Crippen molar-refractivity contribution in [2.75, 3.05) is 0 Å². The Balaban J connectivity index is 2.43. The maximum atomic E-state index is 2.31. The van der Waals surface area contributed by atoms with Gasteiger partial charge in [-0.2, -0.15) is 0 Å². The van der Waals surface area contributed by atoms with Crippen LogP contribution in [0.5, 0.6) is 0 Å². The molecule has 58 valence electrons. The predicted molar refractivity (Wildman–Crippen MR) is 54.6 cm³/mol. The first-order valence-electron chi connectivity index (χ1n) is 4.10.